The van der Waals surface area contributed by atoms with Crippen molar-refractivity contribution in [1.82, 2.24) is 0 Å². The van der Waals surface area contributed by atoms with Gasteiger partial charge in [0.05, 0.1) is 5.88 Å². The SMILES string of the molecule is CSc1ccc(Oc2cccc(F)c2CCl)cc1. The predicted molar refractivity (Wildman–Crippen MR) is 74.3 cm³/mol. The van der Waals surface area contributed by atoms with Crippen LogP contribution in [0.4, 0.5) is 4.39 Å². The zero-order chi connectivity index (χ0) is 13.0. The van der Waals surface area contributed by atoms with Crippen molar-refractivity contribution in [2.45, 2.75) is 10.8 Å². The second-order valence-corrected chi connectivity index (χ2v) is 4.77. The Kier molecular flexibility index (Phi) is 4.50. The van der Waals surface area contributed by atoms with Crippen LogP contribution in [0.5, 0.6) is 11.5 Å². The molecular weight excluding hydrogens is 271 g/mol. The Bertz CT molecular complexity index is 528. The molecule has 0 unspecified atom stereocenters. The van der Waals surface area contributed by atoms with Gasteiger partial charge in [0.25, 0.3) is 0 Å². The van der Waals surface area contributed by atoms with Crippen molar-refractivity contribution in [2.24, 2.45) is 0 Å². The lowest BCUT2D eigenvalue weighted by molar-refractivity contribution is 0.470. The van der Waals surface area contributed by atoms with Crippen molar-refractivity contribution in [3.05, 3.63) is 53.8 Å². The van der Waals surface area contributed by atoms with E-state index in [1.165, 1.54) is 6.07 Å². The second kappa shape index (κ2) is 6.12. The minimum atomic E-state index is -0.344. The molecule has 0 aliphatic heterocycles. The summed E-state index contributed by atoms with van der Waals surface area (Å²) >= 11 is 7.39. The molecule has 0 aliphatic carbocycles. The van der Waals surface area contributed by atoms with Gasteiger partial charge in [0.2, 0.25) is 0 Å². The number of hydrogen-bond donors (Lipinski definition) is 0. The van der Waals surface area contributed by atoms with Crippen LogP contribution in [0, 0.1) is 5.82 Å². The number of rotatable bonds is 4. The number of benzene rings is 2. The third kappa shape index (κ3) is 2.98. The van der Waals surface area contributed by atoms with E-state index in [9.17, 15) is 4.39 Å². The van der Waals surface area contributed by atoms with Crippen molar-refractivity contribution in [3.63, 3.8) is 0 Å². The minimum Gasteiger partial charge on any atom is -0.457 e. The van der Waals surface area contributed by atoms with Crippen LogP contribution in [0.1, 0.15) is 5.56 Å². The second-order valence-electron chi connectivity index (χ2n) is 3.63. The monoisotopic (exact) mass is 282 g/mol. The molecule has 0 aliphatic rings. The first-order valence-electron chi connectivity index (χ1n) is 5.40. The van der Waals surface area contributed by atoms with Gasteiger partial charge in [-0.15, -0.1) is 23.4 Å². The van der Waals surface area contributed by atoms with E-state index < -0.39 is 0 Å². The summed E-state index contributed by atoms with van der Waals surface area (Å²) < 4.78 is 19.2. The fraction of sp³-hybridized carbons (Fsp3) is 0.143. The summed E-state index contributed by atoms with van der Waals surface area (Å²) in [7, 11) is 0. The van der Waals surface area contributed by atoms with E-state index in [1.807, 2.05) is 30.5 Å². The molecule has 0 amide bonds. The number of thioether (sulfide) groups is 1. The summed E-state index contributed by atoms with van der Waals surface area (Å²) in [5.74, 6) is 0.875. The Morgan fingerprint density at radius 3 is 2.50 bits per heavy atom. The van der Waals surface area contributed by atoms with Crippen molar-refractivity contribution < 1.29 is 9.13 Å². The fourth-order valence-electron chi connectivity index (χ4n) is 1.53. The zero-order valence-electron chi connectivity index (χ0n) is 9.82. The molecule has 0 N–H and O–H groups in total. The average Bonchev–Trinajstić information content (AvgIpc) is 2.40. The van der Waals surface area contributed by atoms with Gasteiger partial charge in [-0.25, -0.2) is 4.39 Å². The van der Waals surface area contributed by atoms with Gasteiger partial charge in [0, 0.05) is 10.5 Å². The number of ether oxygens (including phenoxy) is 1. The van der Waals surface area contributed by atoms with Crippen LogP contribution >= 0.6 is 23.4 Å². The molecular formula is C14H12ClFOS. The Morgan fingerprint density at radius 1 is 1.17 bits per heavy atom. The summed E-state index contributed by atoms with van der Waals surface area (Å²) in [5.41, 5.74) is 0.383. The molecule has 0 saturated carbocycles. The first kappa shape index (κ1) is 13.2. The van der Waals surface area contributed by atoms with Crippen molar-refractivity contribution in [2.75, 3.05) is 6.26 Å². The van der Waals surface area contributed by atoms with Crippen LogP contribution in [0.3, 0.4) is 0 Å². The zero-order valence-corrected chi connectivity index (χ0v) is 11.4. The number of hydrogen-bond acceptors (Lipinski definition) is 2. The van der Waals surface area contributed by atoms with Crippen LogP contribution in [-0.2, 0) is 5.88 Å². The predicted octanol–water partition coefficient (Wildman–Crippen LogP) is 5.08. The largest absolute Gasteiger partial charge is 0.457 e. The maximum atomic E-state index is 13.5. The van der Waals surface area contributed by atoms with E-state index in [4.69, 9.17) is 16.3 Å². The van der Waals surface area contributed by atoms with Gasteiger partial charge in [-0.3, -0.25) is 0 Å². The highest BCUT2D eigenvalue weighted by Gasteiger charge is 2.09. The maximum Gasteiger partial charge on any atom is 0.134 e. The molecule has 0 heterocycles. The lowest BCUT2D eigenvalue weighted by Gasteiger charge is -2.10. The highest BCUT2D eigenvalue weighted by Crippen LogP contribution is 2.29. The minimum absolute atomic E-state index is 0.0882. The van der Waals surface area contributed by atoms with Crippen LogP contribution in [0.25, 0.3) is 0 Å². The summed E-state index contributed by atoms with van der Waals surface area (Å²) in [5, 5.41) is 0. The van der Waals surface area contributed by atoms with Gasteiger partial charge in [-0.05, 0) is 42.7 Å². The molecule has 18 heavy (non-hydrogen) atoms. The summed E-state index contributed by atoms with van der Waals surface area (Å²) in [6, 6.07) is 12.3. The lowest BCUT2D eigenvalue weighted by Crippen LogP contribution is -1.93. The molecule has 0 saturated heterocycles. The third-order valence-electron chi connectivity index (χ3n) is 2.50. The Hall–Kier alpha value is -1.19. The third-order valence-corrected chi connectivity index (χ3v) is 3.51. The molecule has 2 rings (SSSR count). The molecule has 94 valence electrons. The molecule has 0 bridgehead atoms. The van der Waals surface area contributed by atoms with Gasteiger partial charge in [0.15, 0.2) is 0 Å². The van der Waals surface area contributed by atoms with Crippen LogP contribution in [0.15, 0.2) is 47.4 Å². The highest BCUT2D eigenvalue weighted by atomic mass is 35.5. The van der Waals surface area contributed by atoms with Crippen LogP contribution in [0.2, 0.25) is 0 Å². The Balaban J connectivity index is 2.25. The molecule has 1 nitrogen and oxygen atoms in total. The van der Waals surface area contributed by atoms with Gasteiger partial charge < -0.3 is 4.74 Å². The Morgan fingerprint density at radius 2 is 1.89 bits per heavy atom. The average molecular weight is 283 g/mol. The lowest BCUT2D eigenvalue weighted by atomic mass is 10.2. The summed E-state index contributed by atoms with van der Waals surface area (Å²) in [6.45, 7) is 0. The molecule has 0 atom stereocenters. The van der Waals surface area contributed by atoms with E-state index in [2.05, 4.69) is 0 Å². The van der Waals surface area contributed by atoms with Gasteiger partial charge in [-0.1, -0.05) is 6.07 Å². The van der Waals surface area contributed by atoms with Crippen LogP contribution < -0.4 is 4.74 Å². The van der Waals surface area contributed by atoms with E-state index in [1.54, 1.807) is 23.9 Å². The molecule has 0 fully saturated rings. The Labute approximate surface area is 115 Å². The first-order valence-corrected chi connectivity index (χ1v) is 7.16. The number of halogens is 2. The molecule has 0 radical (unpaired) electrons. The normalized spacial score (nSPS) is 10.4. The van der Waals surface area contributed by atoms with Crippen molar-refractivity contribution >= 4 is 23.4 Å². The standard InChI is InChI=1S/C14H12ClFOS/c1-18-11-7-5-10(6-8-11)17-14-4-2-3-13(16)12(14)9-15/h2-8H,9H2,1H3. The topological polar surface area (TPSA) is 9.23 Å². The molecule has 0 spiro atoms. The molecule has 2 aromatic rings. The summed E-state index contributed by atoms with van der Waals surface area (Å²) in [6.07, 6.45) is 2.01. The maximum absolute atomic E-state index is 13.5. The van der Waals surface area contributed by atoms with E-state index in [0.29, 0.717) is 17.1 Å². The quantitative estimate of drug-likeness (QED) is 0.571. The van der Waals surface area contributed by atoms with Gasteiger partial charge in [0.1, 0.15) is 17.3 Å². The first-order chi connectivity index (χ1) is 8.74. The molecule has 2 aromatic carbocycles. The highest BCUT2D eigenvalue weighted by molar-refractivity contribution is 7.98. The fourth-order valence-corrected chi connectivity index (χ4v) is 2.20. The van der Waals surface area contributed by atoms with Gasteiger partial charge in [-0.2, -0.15) is 0 Å². The smallest absolute Gasteiger partial charge is 0.134 e. The van der Waals surface area contributed by atoms with Crippen LogP contribution in [-0.4, -0.2) is 6.26 Å². The summed E-state index contributed by atoms with van der Waals surface area (Å²) in [4.78, 5) is 1.15. The van der Waals surface area contributed by atoms with E-state index >= 15 is 0 Å². The van der Waals surface area contributed by atoms with Crippen molar-refractivity contribution in [3.8, 4) is 11.5 Å². The molecule has 4 heteroatoms. The van der Waals surface area contributed by atoms with Crippen molar-refractivity contribution in [1.29, 1.82) is 0 Å². The van der Waals surface area contributed by atoms with E-state index in [-0.39, 0.29) is 11.7 Å². The number of alkyl halides is 1. The van der Waals surface area contributed by atoms with Gasteiger partial charge >= 0.3 is 0 Å². The van der Waals surface area contributed by atoms with E-state index in [0.717, 1.165) is 4.90 Å². The molecule has 0 aromatic heterocycles.